The first-order chi connectivity index (χ1) is 26.8. The van der Waals surface area contributed by atoms with Crippen molar-refractivity contribution in [1.29, 1.82) is 0 Å². The quantitative estimate of drug-likeness (QED) is 0.109. The fourth-order valence-corrected chi connectivity index (χ4v) is 9.69. The van der Waals surface area contributed by atoms with Crippen LogP contribution in [-0.4, -0.2) is 87.2 Å². The molecule has 4 fully saturated rings. The maximum absolute atomic E-state index is 2.45. The van der Waals surface area contributed by atoms with Crippen LogP contribution in [0.1, 0.15) is 112 Å². The minimum atomic E-state index is 0. The van der Waals surface area contributed by atoms with E-state index in [0.717, 1.165) is 22.1 Å². The highest BCUT2D eigenvalue weighted by atomic mass is 127. The highest BCUT2D eigenvalue weighted by Gasteiger charge is 2.37. The molecule has 0 amide bonds. The van der Waals surface area contributed by atoms with Crippen LogP contribution in [0.2, 0.25) is 0 Å². The van der Waals surface area contributed by atoms with Crippen LogP contribution < -0.4 is 162 Å². The number of nitrogens with zero attached hydrogens (tertiary/aromatic N) is 8. The number of rotatable bonds is 6. The third-order valence-corrected chi connectivity index (χ3v) is 13.1. The van der Waals surface area contributed by atoms with E-state index in [1.807, 2.05) is 0 Å². The van der Waals surface area contributed by atoms with Gasteiger partial charge >= 0.3 is 0 Å². The normalized spacial score (nSPS) is 21.7. The molecule has 4 unspecified atom stereocenters. The summed E-state index contributed by atoms with van der Waals surface area (Å²) in [6.07, 6.45) is 28.2. The van der Waals surface area contributed by atoms with Crippen molar-refractivity contribution in [2.24, 2.45) is 14.1 Å². The summed E-state index contributed by atoms with van der Waals surface area (Å²) in [4.78, 5) is 4.89. The largest absolute Gasteiger partial charge is 1.00 e. The summed E-state index contributed by atoms with van der Waals surface area (Å²) < 4.78 is 11.1. The molecule has 62 heavy (non-hydrogen) atoms. The second kappa shape index (κ2) is 31.8. The van der Waals surface area contributed by atoms with Crippen molar-refractivity contribution in [2.45, 2.75) is 102 Å². The van der Waals surface area contributed by atoms with Gasteiger partial charge in [-0.2, -0.15) is 0 Å². The van der Waals surface area contributed by atoms with E-state index in [2.05, 4.69) is 196 Å². The van der Waals surface area contributed by atoms with E-state index < -0.39 is 0 Å². The van der Waals surface area contributed by atoms with Gasteiger partial charge in [-0.25, -0.2) is 18.3 Å². The van der Waals surface area contributed by atoms with Crippen molar-refractivity contribution in [1.82, 2.24) is 9.80 Å². The Morgan fingerprint density at radius 3 is 1.16 bits per heavy atom. The second-order valence-electron chi connectivity index (χ2n) is 18.1. The molecule has 4 aliphatic heterocycles. The minimum Gasteiger partial charge on any atom is -1.00 e. The molecule has 0 N–H and O–H groups in total. The molecule has 0 saturated carbocycles. The van der Waals surface area contributed by atoms with Crippen LogP contribution in [0.4, 0.5) is 0 Å². The number of hydrogen-bond acceptors (Lipinski definition) is 2. The third kappa shape index (κ3) is 19.1. The zero-order valence-corrected chi connectivity index (χ0v) is 52.2. The number of aromatic nitrogens is 4. The van der Waals surface area contributed by atoms with E-state index in [-0.39, 0.29) is 144 Å². The summed E-state index contributed by atoms with van der Waals surface area (Å²) in [5.41, 5.74) is 5.90. The van der Waals surface area contributed by atoms with Gasteiger partial charge in [0.25, 0.3) is 0 Å². The molecular weight excluding hydrogens is 1450 g/mol. The standard InChI is InChI=1S/C13H22N2.C12H20N2.C12H19N2.C11H17N2.6HI/c1-4-14-9-5-7-12(11-14)13-8-6-10-15(13,2)3;1-13-8-4-6-11(10-13)12-7-5-9-14(12,2)3;1-3-14-9-4-6-11(10-14)12-7-5-8-13(12)2;1-12-7-3-5-10(9-12)11-6-4-8-13(11)2;;;;;;/h5,7,9,11,13H,4,6,8,10H2,1-3H3;4,6,8,10,12H,5,7,9H2,1-3H3;4,6,9-10,12H,3,5,7-8H2,1-2H3;3,5,7,9,11H,4,6,8H2,1-2H3;6*1H/q2*+2;2*+1;;;;;;/p-6. The Hall–Kier alpha value is 0.820. The first-order valence-corrected chi connectivity index (χ1v) is 21.8. The number of hydrogen-bond donors (Lipinski definition) is 0. The van der Waals surface area contributed by atoms with Gasteiger partial charge in [-0.1, -0.05) is 0 Å². The molecule has 4 aliphatic rings. The van der Waals surface area contributed by atoms with Gasteiger partial charge in [-0.3, -0.25) is 9.80 Å². The monoisotopic (exact) mass is 1530 g/mol. The predicted molar refractivity (Wildman–Crippen MR) is 227 cm³/mol. The predicted octanol–water partition coefficient (Wildman–Crippen LogP) is -11.6. The maximum atomic E-state index is 2.45. The highest BCUT2D eigenvalue weighted by molar-refractivity contribution is 5.14. The fourth-order valence-electron chi connectivity index (χ4n) is 9.69. The SMILES string of the molecule is CC[n+]1cccc(C2CCCN2C)c1.CC[n+]1cccc(C2CCC[N+]2(C)C)c1.CN1CCCC1c1ccc[n+](C)c1.C[n+]1cccc(C2CCC[N+]2(C)C)c1.[I-].[I-].[I-].[I-].[I-].[I-]. The van der Waals surface area contributed by atoms with E-state index in [1.165, 1.54) is 99.8 Å². The number of quaternary nitrogens is 2. The molecule has 4 aromatic rings. The van der Waals surface area contributed by atoms with E-state index in [9.17, 15) is 0 Å². The topological polar surface area (TPSA) is 22.0 Å². The Morgan fingerprint density at radius 2 is 0.823 bits per heavy atom. The molecule has 352 valence electrons. The molecule has 0 radical (unpaired) electrons. The first kappa shape index (κ1) is 64.9. The first-order valence-electron chi connectivity index (χ1n) is 21.8. The lowest BCUT2D eigenvalue weighted by molar-refractivity contribution is -0.908. The minimum absolute atomic E-state index is 0. The van der Waals surface area contributed by atoms with Gasteiger partial charge in [0.1, 0.15) is 39.3 Å². The molecule has 8 heterocycles. The summed E-state index contributed by atoms with van der Waals surface area (Å²) in [7, 11) is 18.0. The molecule has 0 aliphatic carbocycles. The summed E-state index contributed by atoms with van der Waals surface area (Å²) in [5.74, 6) is 0. The van der Waals surface area contributed by atoms with Gasteiger partial charge < -0.3 is 153 Å². The zero-order valence-electron chi connectivity index (χ0n) is 39.3. The third-order valence-electron chi connectivity index (χ3n) is 13.1. The molecule has 4 atom stereocenters. The van der Waals surface area contributed by atoms with Gasteiger partial charge in [0, 0.05) is 73.2 Å². The van der Waals surface area contributed by atoms with E-state index in [4.69, 9.17) is 0 Å². The maximum Gasteiger partial charge on any atom is 0.177 e. The van der Waals surface area contributed by atoms with Crippen LogP contribution in [0, 0.1) is 0 Å². The lowest BCUT2D eigenvalue weighted by Crippen LogP contribution is -3.00. The second-order valence-corrected chi connectivity index (χ2v) is 18.1. The van der Waals surface area contributed by atoms with Gasteiger partial charge in [-0.05, 0) is 91.0 Å². The average molecular weight is 1530 g/mol. The van der Waals surface area contributed by atoms with Crippen LogP contribution in [0.15, 0.2) is 98.1 Å². The van der Waals surface area contributed by atoms with E-state index in [0.29, 0.717) is 24.2 Å². The van der Waals surface area contributed by atoms with Crippen molar-refractivity contribution in [3.63, 3.8) is 0 Å². The number of halogens is 6. The molecule has 14 heteroatoms. The van der Waals surface area contributed by atoms with Gasteiger partial charge in [0.2, 0.25) is 0 Å². The molecular formula is C48H78I6N8. The van der Waals surface area contributed by atoms with Crippen LogP contribution in [0.3, 0.4) is 0 Å². The Kier molecular flexibility index (Phi) is 33.3. The number of aryl methyl sites for hydroxylation is 4. The Bertz CT molecular complexity index is 1830. The molecule has 8 rings (SSSR count). The highest BCUT2D eigenvalue weighted by Crippen LogP contribution is 2.36. The molecule has 0 aromatic carbocycles. The average Bonchev–Trinajstić information content (AvgIpc) is 3.99. The van der Waals surface area contributed by atoms with E-state index in [1.54, 1.807) is 0 Å². The Morgan fingerprint density at radius 1 is 0.484 bits per heavy atom. The molecule has 8 nitrogen and oxygen atoms in total. The Labute approximate surface area is 480 Å². The molecule has 4 aromatic heterocycles. The van der Waals surface area contributed by atoms with Crippen LogP contribution in [0.5, 0.6) is 0 Å². The fraction of sp³-hybridized carbons (Fsp3) is 0.583. The Balaban J connectivity index is 0. The summed E-state index contributed by atoms with van der Waals surface area (Å²) in [6.45, 7) is 11.6. The van der Waals surface area contributed by atoms with Crippen molar-refractivity contribution in [2.75, 3.05) is 68.5 Å². The van der Waals surface area contributed by atoms with Crippen molar-refractivity contribution < 1.29 is 171 Å². The van der Waals surface area contributed by atoms with Crippen LogP contribution in [0.25, 0.3) is 0 Å². The lowest BCUT2D eigenvalue weighted by Gasteiger charge is -2.31. The van der Waals surface area contributed by atoms with Crippen LogP contribution >= 0.6 is 0 Å². The molecule has 4 saturated heterocycles. The van der Waals surface area contributed by atoms with Crippen molar-refractivity contribution >= 4 is 0 Å². The van der Waals surface area contributed by atoms with Crippen molar-refractivity contribution in [3.05, 3.63) is 120 Å². The van der Waals surface area contributed by atoms with E-state index >= 15 is 0 Å². The smallest absolute Gasteiger partial charge is 0.177 e. The van der Waals surface area contributed by atoms with Crippen LogP contribution in [-0.2, 0) is 27.2 Å². The molecule has 0 spiro atoms. The summed E-state index contributed by atoms with van der Waals surface area (Å²) in [6, 6.07) is 20.3. The van der Waals surface area contributed by atoms with Gasteiger partial charge in [0.15, 0.2) is 49.6 Å². The number of likely N-dealkylation sites (tertiary alicyclic amines) is 4. The van der Waals surface area contributed by atoms with Crippen molar-refractivity contribution in [3.8, 4) is 0 Å². The zero-order chi connectivity index (χ0) is 40.3. The molecule has 0 bridgehead atoms. The number of pyridine rings is 4. The summed E-state index contributed by atoms with van der Waals surface area (Å²) >= 11 is 0. The van der Waals surface area contributed by atoms with Gasteiger partial charge in [0.05, 0.1) is 52.4 Å². The summed E-state index contributed by atoms with van der Waals surface area (Å²) in [5, 5.41) is 0. The van der Waals surface area contributed by atoms with Gasteiger partial charge in [-0.15, -0.1) is 0 Å². The lowest BCUT2D eigenvalue weighted by atomic mass is 10.1.